The standard InChI is InChI=1S/C59H49NO/c1-5-15-51-45(9-1)49-33-43(25-26-52(49)59(51)40-29-36-27-37(31-40)32-41(59)30-36)60(42-23-20-38(21-24-42)44-12-7-13-47-46-10-3-6-18-55(46)61-57(44)47)54-17-8-16-53-56(54)48-11-2-4-14-50(48)58(53)34-35-19-22-39(58)28-35/h1-18,20-21,23-26,33,35-37,39-41H,19,22,27-32,34H2/t35?,36-,37?,39?,40-,41-,58?,59+/m1/s1. The average Bonchev–Trinajstić information content (AvgIpc) is 4.13. The molecule has 0 amide bonds. The van der Waals surface area contributed by atoms with Gasteiger partial charge in [-0.05, 0) is 168 Å². The van der Waals surface area contributed by atoms with Gasteiger partial charge in [-0.1, -0.05) is 122 Å². The maximum atomic E-state index is 6.55. The molecule has 8 aromatic rings. The minimum atomic E-state index is 0.119. The number of hydrogen-bond acceptors (Lipinski definition) is 2. The Hall–Kier alpha value is -5.86. The third-order valence-corrected chi connectivity index (χ3v) is 17.9. The van der Waals surface area contributed by atoms with Crippen LogP contribution in [0.15, 0.2) is 156 Å². The molecule has 1 aromatic heterocycles. The Kier molecular flexibility index (Phi) is 6.62. The van der Waals surface area contributed by atoms with Crippen molar-refractivity contribution >= 4 is 39.0 Å². The zero-order valence-corrected chi connectivity index (χ0v) is 34.6. The van der Waals surface area contributed by atoms with Gasteiger partial charge in [0.05, 0.1) is 5.69 Å². The van der Waals surface area contributed by atoms with Gasteiger partial charge in [-0.2, -0.15) is 0 Å². The van der Waals surface area contributed by atoms with E-state index in [1.165, 1.54) is 113 Å². The molecule has 6 fully saturated rings. The second-order valence-electron chi connectivity index (χ2n) is 20.4. The van der Waals surface area contributed by atoms with Crippen LogP contribution in [-0.4, -0.2) is 0 Å². The van der Waals surface area contributed by atoms with Crippen LogP contribution in [0.5, 0.6) is 0 Å². The fraction of sp³-hybridized carbons (Fsp3) is 0.288. The van der Waals surface area contributed by atoms with Gasteiger partial charge in [0.25, 0.3) is 0 Å². The molecule has 2 spiro atoms. The van der Waals surface area contributed by atoms with Gasteiger partial charge in [-0.15, -0.1) is 0 Å². The van der Waals surface area contributed by atoms with E-state index in [0.29, 0.717) is 0 Å². The Morgan fingerprint density at radius 2 is 1.11 bits per heavy atom. The number of furan rings is 1. The molecular weight excluding hydrogens is 739 g/mol. The van der Waals surface area contributed by atoms with E-state index < -0.39 is 0 Å². The second kappa shape index (κ2) is 11.9. The third-order valence-electron chi connectivity index (χ3n) is 17.9. The number of anilines is 3. The molecule has 2 nitrogen and oxygen atoms in total. The molecule has 7 aromatic carbocycles. The van der Waals surface area contributed by atoms with Gasteiger partial charge in [0.1, 0.15) is 11.2 Å². The minimum absolute atomic E-state index is 0.119. The summed E-state index contributed by atoms with van der Waals surface area (Å²) in [6.07, 6.45) is 12.5. The molecule has 61 heavy (non-hydrogen) atoms. The Bertz CT molecular complexity index is 3120. The van der Waals surface area contributed by atoms with Crippen molar-refractivity contribution in [3.8, 4) is 33.4 Å². The highest BCUT2D eigenvalue weighted by Gasteiger charge is 2.62. The maximum Gasteiger partial charge on any atom is 0.143 e. The average molecular weight is 788 g/mol. The molecule has 0 aliphatic heterocycles. The minimum Gasteiger partial charge on any atom is -0.455 e. The first-order valence-electron chi connectivity index (χ1n) is 23.5. The van der Waals surface area contributed by atoms with E-state index >= 15 is 0 Å². The van der Waals surface area contributed by atoms with Crippen LogP contribution < -0.4 is 4.90 Å². The molecule has 8 aliphatic carbocycles. The SMILES string of the molecule is c1ccc2c(c1)-c1c(N(c3ccc(-c4cccc5c4oc4ccccc45)cc3)c3ccc4c(c3)-c3ccccc3[C@]43[C@H]4CC5C[C@@H](C4)C[C@@H]3C5)cccc1C21CC2CCC1C2. The number of para-hydroxylation sites is 2. The summed E-state index contributed by atoms with van der Waals surface area (Å²) in [7, 11) is 0. The molecule has 296 valence electrons. The van der Waals surface area contributed by atoms with Crippen LogP contribution in [0.25, 0.3) is 55.3 Å². The molecule has 16 rings (SSSR count). The molecule has 1 heterocycles. The predicted molar refractivity (Wildman–Crippen MR) is 249 cm³/mol. The van der Waals surface area contributed by atoms with Gasteiger partial charge in [-0.25, -0.2) is 0 Å². The highest BCUT2D eigenvalue weighted by molar-refractivity contribution is 6.09. The lowest BCUT2D eigenvalue weighted by atomic mass is 9.43. The fourth-order valence-corrected chi connectivity index (χ4v) is 16.1. The van der Waals surface area contributed by atoms with Crippen LogP contribution in [0.4, 0.5) is 17.1 Å². The van der Waals surface area contributed by atoms with E-state index in [4.69, 9.17) is 4.42 Å². The van der Waals surface area contributed by atoms with Gasteiger partial charge < -0.3 is 9.32 Å². The van der Waals surface area contributed by atoms with Gasteiger partial charge in [-0.3, -0.25) is 0 Å². The van der Waals surface area contributed by atoms with Gasteiger partial charge >= 0.3 is 0 Å². The van der Waals surface area contributed by atoms with Crippen molar-refractivity contribution in [2.24, 2.45) is 35.5 Å². The monoisotopic (exact) mass is 787 g/mol. The summed E-state index contributed by atoms with van der Waals surface area (Å²) in [6, 6.07) is 58.5. The molecule has 3 unspecified atom stereocenters. The summed E-state index contributed by atoms with van der Waals surface area (Å²) in [5, 5.41) is 2.34. The van der Waals surface area contributed by atoms with E-state index in [-0.39, 0.29) is 10.8 Å². The van der Waals surface area contributed by atoms with Crippen LogP contribution in [0.2, 0.25) is 0 Å². The lowest BCUT2D eigenvalue weighted by molar-refractivity contribution is -0.0399. The van der Waals surface area contributed by atoms with Gasteiger partial charge in [0, 0.05) is 44.1 Å². The van der Waals surface area contributed by atoms with Crippen molar-refractivity contribution in [2.75, 3.05) is 4.90 Å². The first kappa shape index (κ1) is 33.8. The van der Waals surface area contributed by atoms with E-state index in [9.17, 15) is 0 Å². The Morgan fingerprint density at radius 3 is 1.92 bits per heavy atom. The molecule has 0 N–H and O–H groups in total. The Labute approximate surface area is 358 Å². The van der Waals surface area contributed by atoms with Gasteiger partial charge in [0.15, 0.2) is 0 Å². The number of benzene rings is 7. The van der Waals surface area contributed by atoms with Crippen molar-refractivity contribution in [1.29, 1.82) is 0 Å². The summed E-state index contributed by atoms with van der Waals surface area (Å²) in [4.78, 5) is 2.62. The maximum absolute atomic E-state index is 6.55. The third kappa shape index (κ3) is 4.25. The number of fused-ring (bicyclic) bond motifs is 14. The molecular formula is C59H49NO. The molecule has 0 saturated heterocycles. The first-order chi connectivity index (χ1) is 30.2. The summed E-state index contributed by atoms with van der Waals surface area (Å²) >= 11 is 0. The van der Waals surface area contributed by atoms with E-state index in [0.717, 1.165) is 52.2 Å². The normalized spacial score (nSPS) is 29.2. The van der Waals surface area contributed by atoms with Gasteiger partial charge in [0.2, 0.25) is 0 Å². The summed E-state index contributed by atoms with van der Waals surface area (Å²) in [5.41, 5.74) is 20.4. The summed E-state index contributed by atoms with van der Waals surface area (Å²) < 4.78 is 6.55. The quantitative estimate of drug-likeness (QED) is 0.177. The number of rotatable bonds is 4. The molecule has 8 aliphatic rings. The largest absolute Gasteiger partial charge is 0.455 e. The highest BCUT2D eigenvalue weighted by Crippen LogP contribution is 2.70. The molecule has 6 bridgehead atoms. The number of hydrogen-bond donors (Lipinski definition) is 0. The molecule has 6 saturated carbocycles. The van der Waals surface area contributed by atoms with Crippen LogP contribution in [0.3, 0.4) is 0 Å². The summed E-state index contributed by atoms with van der Waals surface area (Å²) in [6.45, 7) is 0. The highest BCUT2D eigenvalue weighted by atomic mass is 16.3. The zero-order chi connectivity index (χ0) is 39.6. The van der Waals surface area contributed by atoms with E-state index in [1.807, 2.05) is 0 Å². The fourth-order valence-electron chi connectivity index (χ4n) is 16.1. The zero-order valence-electron chi connectivity index (χ0n) is 34.6. The van der Waals surface area contributed by atoms with Crippen LogP contribution in [-0.2, 0) is 10.8 Å². The Balaban J connectivity index is 0.939. The molecule has 3 atom stereocenters. The van der Waals surface area contributed by atoms with Crippen LogP contribution in [0.1, 0.15) is 80.0 Å². The van der Waals surface area contributed by atoms with E-state index in [2.05, 4.69) is 157 Å². The topological polar surface area (TPSA) is 16.4 Å². The van der Waals surface area contributed by atoms with Crippen molar-refractivity contribution in [2.45, 2.75) is 68.6 Å². The smallest absolute Gasteiger partial charge is 0.143 e. The van der Waals surface area contributed by atoms with Crippen molar-refractivity contribution in [3.63, 3.8) is 0 Å². The Morgan fingerprint density at radius 1 is 0.459 bits per heavy atom. The molecule has 0 radical (unpaired) electrons. The lowest BCUT2D eigenvalue weighted by Gasteiger charge is -2.61. The first-order valence-corrected chi connectivity index (χ1v) is 23.5. The molecule has 2 heteroatoms. The number of nitrogens with zero attached hydrogens (tertiary/aromatic N) is 1. The lowest BCUT2D eigenvalue weighted by Crippen LogP contribution is -2.55. The van der Waals surface area contributed by atoms with Crippen molar-refractivity contribution in [3.05, 3.63) is 174 Å². The van der Waals surface area contributed by atoms with Crippen LogP contribution >= 0.6 is 0 Å². The van der Waals surface area contributed by atoms with Crippen molar-refractivity contribution < 1.29 is 4.42 Å². The van der Waals surface area contributed by atoms with E-state index in [1.54, 1.807) is 22.3 Å². The second-order valence-corrected chi connectivity index (χ2v) is 20.4. The van der Waals surface area contributed by atoms with Crippen LogP contribution in [0, 0.1) is 35.5 Å². The van der Waals surface area contributed by atoms with Crippen molar-refractivity contribution in [1.82, 2.24) is 0 Å². The predicted octanol–water partition coefficient (Wildman–Crippen LogP) is 15.5. The summed E-state index contributed by atoms with van der Waals surface area (Å²) in [5.74, 6) is 4.93.